The number of nitrogens with zero attached hydrogens (tertiary/aromatic N) is 1. The number of fused-ring (bicyclic) bond motifs is 1. The molecule has 6 atom stereocenters. The van der Waals surface area contributed by atoms with E-state index in [4.69, 9.17) is 31.6 Å². The van der Waals surface area contributed by atoms with Crippen molar-refractivity contribution in [2.75, 3.05) is 6.61 Å². The van der Waals surface area contributed by atoms with Gasteiger partial charge in [0, 0.05) is 17.7 Å². The Bertz CT molecular complexity index is 1110. The lowest BCUT2D eigenvalue weighted by atomic mass is 10.2. The van der Waals surface area contributed by atoms with Crippen molar-refractivity contribution in [3.8, 4) is 0 Å². The second-order valence-electron chi connectivity index (χ2n) is 6.72. The zero-order chi connectivity index (χ0) is 22.7. The molecule has 2 aliphatic rings. The lowest BCUT2D eigenvalue weighted by Crippen LogP contribution is -2.28. The second kappa shape index (κ2) is 7.78. The van der Waals surface area contributed by atoms with Gasteiger partial charge in [-0.25, -0.2) is 13.7 Å². The third-order valence-corrected chi connectivity index (χ3v) is 8.54. The molecule has 3 rings (SSSR count). The summed E-state index contributed by atoms with van der Waals surface area (Å²) in [6.45, 7) is 0.835. The van der Waals surface area contributed by atoms with Crippen LogP contribution >= 0.6 is 35.7 Å². The molecule has 170 valence electrons. The van der Waals surface area contributed by atoms with Crippen LogP contribution in [0.1, 0.15) is 18.2 Å². The van der Waals surface area contributed by atoms with Crippen LogP contribution in [0.5, 0.6) is 0 Å². The average Bonchev–Trinajstić information content (AvgIpc) is 3.19. The summed E-state index contributed by atoms with van der Waals surface area (Å²) in [5.74, 6) is -0.552. The number of aromatic amines is 1. The smallest absolute Gasteiger partial charge is 0.388 e. The molecule has 6 N–H and O–H groups in total. The maximum absolute atomic E-state index is 11.9. The minimum absolute atomic E-state index is 0.0287. The summed E-state index contributed by atoms with van der Waals surface area (Å²) < 4.78 is 52.7. The van der Waals surface area contributed by atoms with Crippen molar-refractivity contribution in [3.05, 3.63) is 26.9 Å². The molecule has 0 aromatic carbocycles. The van der Waals surface area contributed by atoms with Gasteiger partial charge in [0.05, 0.1) is 6.61 Å². The number of nitrogens with one attached hydrogen (secondary N) is 1. The normalized spacial score (nSPS) is 32.3. The van der Waals surface area contributed by atoms with E-state index in [0.717, 1.165) is 0 Å². The van der Waals surface area contributed by atoms with Crippen molar-refractivity contribution < 1.29 is 56.3 Å². The summed E-state index contributed by atoms with van der Waals surface area (Å²) in [5, 5.41) is 10.5. The molecule has 2 heterocycles. The van der Waals surface area contributed by atoms with Gasteiger partial charge in [0.2, 0.25) is 0 Å². The monoisotopic (exact) mass is 510 g/mol. The van der Waals surface area contributed by atoms with Gasteiger partial charge in [-0.2, -0.15) is 8.62 Å². The molecule has 15 nitrogen and oxygen atoms in total. The zero-order valence-electron chi connectivity index (χ0n) is 14.9. The van der Waals surface area contributed by atoms with Crippen LogP contribution in [0.3, 0.4) is 0 Å². The van der Waals surface area contributed by atoms with Crippen LogP contribution in [-0.4, -0.2) is 52.5 Å². The van der Waals surface area contributed by atoms with Crippen LogP contribution in [0.25, 0.3) is 0 Å². The Kier molecular flexibility index (Phi) is 6.25. The van der Waals surface area contributed by atoms with Crippen LogP contribution in [0.2, 0.25) is 0 Å². The maximum Gasteiger partial charge on any atom is 0.490 e. The molecule has 1 saturated carbocycles. The van der Waals surface area contributed by atoms with Gasteiger partial charge in [0.15, 0.2) is 11.0 Å². The molecule has 0 amide bonds. The summed E-state index contributed by atoms with van der Waals surface area (Å²) in [6, 6.07) is 0. The number of aromatic nitrogens is 2. The van der Waals surface area contributed by atoms with Crippen LogP contribution in [0.4, 0.5) is 0 Å². The first kappa shape index (κ1) is 24.1. The number of aryl methyl sites for hydroxylation is 1. The third kappa shape index (κ3) is 5.25. The number of rotatable bonds is 8. The van der Waals surface area contributed by atoms with E-state index < -0.39 is 59.5 Å². The van der Waals surface area contributed by atoms with Crippen LogP contribution < -0.4 is 5.56 Å². The highest BCUT2D eigenvalue weighted by Gasteiger charge is 2.68. The maximum atomic E-state index is 11.9. The number of phosphoric ester groups is 1. The van der Waals surface area contributed by atoms with Crippen molar-refractivity contribution in [2.24, 2.45) is 5.92 Å². The van der Waals surface area contributed by atoms with Crippen LogP contribution in [0, 0.1) is 17.6 Å². The van der Waals surface area contributed by atoms with Gasteiger partial charge in [-0.1, -0.05) is 0 Å². The SMILES string of the molecule is Cc1cn([C@@H]2OC3(COP(=O)(O)OP(=O)(O)OP(=O)(O)O)CC3C2O)c(=S)[nH]c1=O. The zero-order valence-corrected chi connectivity index (χ0v) is 18.4. The minimum atomic E-state index is -5.64. The predicted octanol–water partition coefficient (Wildman–Crippen LogP) is 0.206. The highest BCUT2D eigenvalue weighted by atomic mass is 32.1. The molecule has 5 unspecified atom stereocenters. The molecule has 19 heteroatoms. The van der Waals surface area contributed by atoms with Gasteiger partial charge in [0.25, 0.3) is 5.56 Å². The van der Waals surface area contributed by atoms with Gasteiger partial charge in [-0.3, -0.25) is 18.9 Å². The predicted molar refractivity (Wildman–Crippen MR) is 97.4 cm³/mol. The first-order valence-electron chi connectivity index (χ1n) is 8.00. The Balaban J connectivity index is 1.69. The van der Waals surface area contributed by atoms with Gasteiger partial charge in [-0.15, -0.1) is 0 Å². The highest BCUT2D eigenvalue weighted by molar-refractivity contribution is 7.71. The van der Waals surface area contributed by atoms with E-state index in [2.05, 4.69) is 18.1 Å². The molecule has 0 spiro atoms. The third-order valence-electron chi connectivity index (χ3n) is 4.45. The molecule has 2 fully saturated rings. The molecule has 0 bridgehead atoms. The highest BCUT2D eigenvalue weighted by Crippen LogP contribution is 2.67. The van der Waals surface area contributed by atoms with Gasteiger partial charge in [-0.05, 0) is 25.6 Å². The molecule has 1 aromatic rings. The van der Waals surface area contributed by atoms with Crippen LogP contribution in [-0.2, 0) is 31.6 Å². The van der Waals surface area contributed by atoms with E-state index in [0.29, 0.717) is 5.56 Å². The lowest BCUT2D eigenvalue weighted by Gasteiger charge is -2.23. The molecule has 1 aliphatic heterocycles. The van der Waals surface area contributed by atoms with E-state index >= 15 is 0 Å². The number of hydrogen-bond acceptors (Lipinski definition) is 10. The van der Waals surface area contributed by atoms with Gasteiger partial charge < -0.3 is 29.4 Å². The molecule has 0 radical (unpaired) electrons. The van der Waals surface area contributed by atoms with E-state index in [1.54, 1.807) is 0 Å². The Labute approximate surface area is 172 Å². The number of ether oxygens (including phenoxy) is 1. The van der Waals surface area contributed by atoms with E-state index in [-0.39, 0.29) is 11.2 Å². The summed E-state index contributed by atoms with van der Waals surface area (Å²) in [4.78, 5) is 49.8. The summed E-state index contributed by atoms with van der Waals surface area (Å²) >= 11 is 5.05. The fraction of sp³-hybridized carbons (Fsp3) is 0.636. The fourth-order valence-electron chi connectivity index (χ4n) is 3.08. The molecular weight excluding hydrogens is 493 g/mol. The topological polar surface area (TPSA) is 227 Å². The second-order valence-corrected chi connectivity index (χ2v) is 11.5. The Morgan fingerprint density at radius 2 is 1.90 bits per heavy atom. The number of hydrogen-bond donors (Lipinski definition) is 6. The molecule has 1 aromatic heterocycles. The number of phosphoric acid groups is 3. The fourth-order valence-corrected chi connectivity index (χ4v) is 6.41. The van der Waals surface area contributed by atoms with Crippen molar-refractivity contribution in [1.29, 1.82) is 0 Å². The molecule has 30 heavy (non-hydrogen) atoms. The van der Waals surface area contributed by atoms with Crippen molar-refractivity contribution >= 4 is 35.7 Å². The first-order valence-corrected chi connectivity index (χ1v) is 12.9. The Morgan fingerprint density at radius 3 is 2.50 bits per heavy atom. The number of H-pyrrole nitrogens is 1. The van der Waals surface area contributed by atoms with Crippen LogP contribution in [0.15, 0.2) is 11.0 Å². The van der Waals surface area contributed by atoms with E-state index in [1.807, 2.05) is 0 Å². The summed E-state index contributed by atoms with van der Waals surface area (Å²) in [6.07, 6.45) is -0.589. The first-order chi connectivity index (χ1) is 13.5. The molecule has 1 saturated heterocycles. The van der Waals surface area contributed by atoms with Gasteiger partial charge in [0.1, 0.15) is 11.7 Å². The van der Waals surface area contributed by atoms with Gasteiger partial charge >= 0.3 is 23.5 Å². The van der Waals surface area contributed by atoms with E-state index in [1.165, 1.54) is 17.7 Å². The largest absolute Gasteiger partial charge is 0.490 e. The van der Waals surface area contributed by atoms with Crippen molar-refractivity contribution in [2.45, 2.75) is 31.3 Å². The Morgan fingerprint density at radius 1 is 1.27 bits per heavy atom. The Hall–Kier alpha value is -0.570. The quantitative estimate of drug-likeness (QED) is 0.203. The number of aliphatic hydroxyl groups excluding tert-OH is 1. The standard InChI is InChI=1S/C11H17N2O13P3S/c1-5-3-13(10(30)12-8(5)15)9-7(14)6-2-11(6,24-9)4-23-28(19,20)26-29(21,22)25-27(16,17)18/h3,6-7,9,14H,2,4H2,1H3,(H,19,20)(H,21,22)(H,12,15,30)(H2,16,17,18)/t6?,7?,9-,11?/m1/s1. The average molecular weight is 510 g/mol. The van der Waals surface area contributed by atoms with Crippen molar-refractivity contribution in [3.63, 3.8) is 0 Å². The summed E-state index contributed by atoms with van der Waals surface area (Å²) in [5.41, 5.74) is -1.38. The lowest BCUT2D eigenvalue weighted by molar-refractivity contribution is -0.0909. The van der Waals surface area contributed by atoms with Crippen molar-refractivity contribution in [1.82, 2.24) is 9.55 Å². The minimum Gasteiger partial charge on any atom is -0.388 e. The molecule has 1 aliphatic carbocycles. The number of aliphatic hydroxyl groups is 1. The van der Waals surface area contributed by atoms with E-state index in [9.17, 15) is 28.5 Å². The molecular formula is C11H17N2O13P3S. The summed E-state index contributed by atoms with van der Waals surface area (Å²) in [7, 11) is -16.5.